The third-order valence-electron chi connectivity index (χ3n) is 2.81. The maximum atomic E-state index is 10.8. The van der Waals surface area contributed by atoms with E-state index in [9.17, 15) is 15.2 Å². The van der Waals surface area contributed by atoms with E-state index in [-0.39, 0.29) is 23.9 Å². The summed E-state index contributed by atoms with van der Waals surface area (Å²) in [6.45, 7) is -0.250. The van der Waals surface area contributed by atoms with Crippen molar-refractivity contribution in [2.45, 2.75) is 6.61 Å². The molecule has 0 bridgehead atoms. The summed E-state index contributed by atoms with van der Waals surface area (Å²) in [6, 6.07) is 4.21. The van der Waals surface area contributed by atoms with E-state index < -0.39 is 4.92 Å². The molecule has 2 aromatic heterocycles. The zero-order chi connectivity index (χ0) is 15.0. The monoisotopic (exact) mass is 369 g/mol. The van der Waals surface area contributed by atoms with Gasteiger partial charge in [-0.1, -0.05) is 0 Å². The molecule has 0 aliphatic carbocycles. The highest BCUT2D eigenvalue weighted by Crippen LogP contribution is 2.34. The highest BCUT2D eigenvalue weighted by Gasteiger charge is 2.17. The van der Waals surface area contributed by atoms with Gasteiger partial charge < -0.3 is 9.84 Å². The fourth-order valence-electron chi connectivity index (χ4n) is 1.83. The smallest absolute Gasteiger partial charge is 0.273 e. The van der Waals surface area contributed by atoms with Crippen molar-refractivity contribution >= 4 is 37.9 Å². The SMILES string of the molecule is O=[N+]([O-])c1ccc(Br)c(Oc2nc3sccn3c2CO)c1. The zero-order valence-electron chi connectivity index (χ0n) is 10.4. The average Bonchev–Trinajstić information content (AvgIpc) is 3.01. The van der Waals surface area contributed by atoms with E-state index in [2.05, 4.69) is 20.9 Å². The number of benzene rings is 1. The maximum Gasteiger partial charge on any atom is 0.273 e. The number of nitro groups is 1. The van der Waals surface area contributed by atoms with E-state index in [4.69, 9.17) is 4.74 Å². The van der Waals surface area contributed by atoms with Crippen molar-refractivity contribution in [3.8, 4) is 11.6 Å². The van der Waals surface area contributed by atoms with Gasteiger partial charge in [-0.3, -0.25) is 14.5 Å². The molecule has 0 radical (unpaired) electrons. The van der Waals surface area contributed by atoms with Crippen molar-refractivity contribution in [1.82, 2.24) is 9.38 Å². The molecule has 9 heteroatoms. The Morgan fingerprint density at radius 1 is 1.52 bits per heavy atom. The van der Waals surface area contributed by atoms with Crippen molar-refractivity contribution in [2.75, 3.05) is 0 Å². The topological polar surface area (TPSA) is 89.9 Å². The number of nitrogens with zero attached hydrogens (tertiary/aromatic N) is 3. The lowest BCUT2D eigenvalue weighted by Crippen LogP contribution is -1.95. The summed E-state index contributed by atoms with van der Waals surface area (Å²) in [6.07, 6.45) is 1.77. The van der Waals surface area contributed by atoms with Gasteiger partial charge >= 0.3 is 0 Å². The third kappa shape index (κ3) is 2.50. The predicted molar refractivity (Wildman–Crippen MR) is 79.9 cm³/mol. The third-order valence-corrected chi connectivity index (χ3v) is 4.22. The number of nitro benzene ring substituents is 1. The molecule has 0 fully saturated rings. The number of imidazole rings is 1. The number of aliphatic hydroxyl groups is 1. The molecule has 0 amide bonds. The van der Waals surface area contributed by atoms with Gasteiger partial charge in [0.25, 0.3) is 5.69 Å². The van der Waals surface area contributed by atoms with E-state index in [0.29, 0.717) is 15.1 Å². The molecule has 1 N–H and O–H groups in total. The van der Waals surface area contributed by atoms with E-state index >= 15 is 0 Å². The van der Waals surface area contributed by atoms with Gasteiger partial charge in [-0.05, 0) is 22.0 Å². The van der Waals surface area contributed by atoms with Gasteiger partial charge in [0, 0.05) is 17.6 Å². The number of thiazole rings is 1. The summed E-state index contributed by atoms with van der Waals surface area (Å²) in [5.74, 6) is 0.496. The minimum absolute atomic E-state index is 0.0835. The lowest BCUT2D eigenvalue weighted by atomic mass is 10.3. The second-order valence-electron chi connectivity index (χ2n) is 4.05. The molecule has 0 saturated heterocycles. The molecule has 3 rings (SSSR count). The molecule has 0 aliphatic heterocycles. The minimum atomic E-state index is -0.502. The van der Waals surface area contributed by atoms with Gasteiger partial charge in [0.1, 0.15) is 5.69 Å². The van der Waals surface area contributed by atoms with Crippen molar-refractivity contribution in [3.05, 3.63) is 50.1 Å². The molecule has 21 heavy (non-hydrogen) atoms. The first-order valence-corrected chi connectivity index (χ1v) is 7.44. The van der Waals surface area contributed by atoms with Crippen LogP contribution in [-0.2, 0) is 6.61 Å². The van der Waals surface area contributed by atoms with Crippen LogP contribution in [0.3, 0.4) is 0 Å². The largest absolute Gasteiger partial charge is 0.436 e. The lowest BCUT2D eigenvalue weighted by molar-refractivity contribution is -0.384. The van der Waals surface area contributed by atoms with Crippen molar-refractivity contribution in [3.63, 3.8) is 0 Å². The number of fused-ring (bicyclic) bond motifs is 1. The normalized spacial score (nSPS) is 11.0. The first-order chi connectivity index (χ1) is 10.1. The van der Waals surface area contributed by atoms with Crippen LogP contribution in [0.2, 0.25) is 0 Å². The number of ether oxygens (including phenoxy) is 1. The van der Waals surface area contributed by atoms with E-state index in [1.165, 1.54) is 29.5 Å². The fourth-order valence-corrected chi connectivity index (χ4v) is 2.88. The maximum absolute atomic E-state index is 10.8. The number of non-ortho nitro benzene ring substituents is 1. The second-order valence-corrected chi connectivity index (χ2v) is 5.78. The van der Waals surface area contributed by atoms with Crippen molar-refractivity contribution in [1.29, 1.82) is 0 Å². The van der Waals surface area contributed by atoms with Crippen LogP contribution < -0.4 is 4.74 Å². The minimum Gasteiger partial charge on any atom is -0.436 e. The Labute approximate surface area is 130 Å². The Hall–Kier alpha value is -1.97. The molecule has 2 heterocycles. The molecule has 0 spiro atoms. The Morgan fingerprint density at radius 2 is 2.33 bits per heavy atom. The second kappa shape index (κ2) is 5.43. The lowest BCUT2D eigenvalue weighted by Gasteiger charge is -2.06. The predicted octanol–water partition coefficient (Wildman–Crippen LogP) is 3.35. The summed E-state index contributed by atoms with van der Waals surface area (Å²) < 4.78 is 7.91. The molecular formula is C12H8BrN3O4S. The van der Waals surface area contributed by atoms with Crippen LogP contribution >= 0.6 is 27.3 Å². The standard InChI is InChI=1S/C12H8BrN3O4S/c13-8-2-1-7(16(18)19)5-10(8)20-11-9(6-17)15-3-4-21-12(15)14-11/h1-5,17H,6H2. The molecule has 0 saturated carbocycles. The van der Waals surface area contributed by atoms with E-state index in [1.807, 2.05) is 5.38 Å². The summed E-state index contributed by atoms with van der Waals surface area (Å²) in [5.41, 5.74) is 0.407. The van der Waals surface area contributed by atoms with Gasteiger partial charge in [0.2, 0.25) is 5.88 Å². The van der Waals surface area contributed by atoms with Crippen molar-refractivity contribution in [2.24, 2.45) is 0 Å². The molecule has 1 aromatic carbocycles. The molecular weight excluding hydrogens is 362 g/mol. The summed E-state index contributed by atoms with van der Waals surface area (Å²) in [7, 11) is 0. The summed E-state index contributed by atoms with van der Waals surface area (Å²) in [5, 5.41) is 22.1. The molecule has 0 aliphatic rings. The summed E-state index contributed by atoms with van der Waals surface area (Å²) in [4.78, 5) is 15.3. The molecule has 7 nitrogen and oxygen atoms in total. The van der Waals surface area contributed by atoms with Gasteiger partial charge in [-0.25, -0.2) is 0 Å². The zero-order valence-corrected chi connectivity index (χ0v) is 12.8. The Balaban J connectivity index is 2.03. The van der Waals surface area contributed by atoms with Gasteiger partial charge in [-0.2, -0.15) is 4.98 Å². The van der Waals surface area contributed by atoms with Crippen molar-refractivity contribution < 1.29 is 14.8 Å². The van der Waals surface area contributed by atoms with Crippen LogP contribution in [0.4, 0.5) is 5.69 Å². The highest BCUT2D eigenvalue weighted by molar-refractivity contribution is 9.10. The number of aliphatic hydroxyl groups excluding tert-OH is 1. The average molecular weight is 370 g/mol. The quantitative estimate of drug-likeness (QED) is 0.562. The van der Waals surface area contributed by atoms with Crippen LogP contribution in [0.1, 0.15) is 5.69 Å². The highest BCUT2D eigenvalue weighted by atomic mass is 79.9. The number of rotatable bonds is 4. The van der Waals surface area contributed by atoms with Gasteiger partial charge in [0.05, 0.1) is 22.1 Å². The van der Waals surface area contributed by atoms with Crippen LogP contribution in [0.5, 0.6) is 11.6 Å². The molecule has 0 unspecified atom stereocenters. The molecule has 108 valence electrons. The van der Waals surface area contributed by atoms with Gasteiger partial charge in [-0.15, -0.1) is 11.3 Å². The van der Waals surface area contributed by atoms with Crippen LogP contribution in [0.15, 0.2) is 34.2 Å². The Morgan fingerprint density at radius 3 is 3.05 bits per heavy atom. The van der Waals surface area contributed by atoms with E-state index in [0.717, 1.165) is 0 Å². The van der Waals surface area contributed by atoms with Crippen LogP contribution in [-0.4, -0.2) is 19.4 Å². The number of hydrogen-bond acceptors (Lipinski definition) is 6. The fraction of sp³-hybridized carbons (Fsp3) is 0.0833. The first-order valence-electron chi connectivity index (χ1n) is 5.77. The van der Waals surface area contributed by atoms with Gasteiger partial charge in [0.15, 0.2) is 10.7 Å². The van der Waals surface area contributed by atoms with E-state index in [1.54, 1.807) is 10.6 Å². The number of hydrogen-bond donors (Lipinski definition) is 1. The number of aromatic nitrogens is 2. The molecule has 0 atom stereocenters. The Kier molecular flexibility index (Phi) is 3.62. The number of halogens is 1. The summed E-state index contributed by atoms with van der Waals surface area (Å²) >= 11 is 4.68. The first kappa shape index (κ1) is 14.0. The van der Waals surface area contributed by atoms with Crippen LogP contribution in [0, 0.1) is 10.1 Å². The Bertz CT molecular complexity index is 829. The molecule has 3 aromatic rings. The van der Waals surface area contributed by atoms with Crippen LogP contribution in [0.25, 0.3) is 4.96 Å².